The molecule has 7 nitrogen and oxygen atoms in total. The van der Waals surface area contributed by atoms with E-state index in [1.165, 1.54) is 14.6 Å². The van der Waals surface area contributed by atoms with E-state index in [1.807, 2.05) is 32.0 Å². The Labute approximate surface area is 176 Å². The summed E-state index contributed by atoms with van der Waals surface area (Å²) in [7, 11) is 0. The van der Waals surface area contributed by atoms with E-state index >= 15 is 0 Å². The molecule has 156 valence electrons. The molecule has 29 heavy (non-hydrogen) atoms. The van der Waals surface area contributed by atoms with Gasteiger partial charge in [0.05, 0.1) is 0 Å². The number of aliphatic hydroxyl groups excluding tert-OH is 1. The monoisotopic (exact) mass is 465 g/mol. The number of ether oxygens (including phenoxy) is 1. The second-order valence-corrected chi connectivity index (χ2v) is 9.96. The van der Waals surface area contributed by atoms with Crippen LogP contribution in [0.3, 0.4) is 0 Å². The zero-order valence-electron chi connectivity index (χ0n) is 16.8. The molecule has 1 aromatic heterocycles. The fourth-order valence-corrected chi connectivity index (χ4v) is 6.17. The number of rotatable bonds is 7. The molecule has 0 unspecified atom stereocenters. The van der Waals surface area contributed by atoms with Crippen LogP contribution < -0.4 is 21.0 Å². The summed E-state index contributed by atoms with van der Waals surface area (Å²) in [6.07, 6.45) is 2.62. The zero-order chi connectivity index (χ0) is 21.0. The van der Waals surface area contributed by atoms with Gasteiger partial charge < -0.3 is 0 Å². The predicted octanol–water partition coefficient (Wildman–Crippen LogP) is 0.477. The molecular weight excluding hydrogens is 437 g/mol. The molecule has 1 aliphatic rings. The molecule has 2 aromatic rings. The normalized spacial score (nSPS) is 23.9. The summed E-state index contributed by atoms with van der Waals surface area (Å²) in [5.41, 5.74) is 0.749. The fourth-order valence-electron chi connectivity index (χ4n) is 3.32. The molecule has 0 saturated carbocycles. The SMILES string of the molecule is CC(C)=CCN[C@H]1[C@@H]([Se]c2ccccc2)[C@H](n2cc(C)c(=O)[nH]c2=O)O[C@@H]1CO. The number of hydrogen-bond donors (Lipinski definition) is 3. The van der Waals surface area contributed by atoms with E-state index in [-0.39, 0.29) is 32.4 Å². The van der Waals surface area contributed by atoms with E-state index < -0.39 is 23.6 Å². The van der Waals surface area contributed by atoms with Gasteiger partial charge in [-0.3, -0.25) is 0 Å². The van der Waals surface area contributed by atoms with Gasteiger partial charge in [0.2, 0.25) is 0 Å². The third-order valence-corrected chi connectivity index (χ3v) is 7.65. The van der Waals surface area contributed by atoms with Crippen LogP contribution in [0, 0.1) is 6.92 Å². The minimum atomic E-state index is -0.570. The number of benzene rings is 1. The van der Waals surface area contributed by atoms with Crippen molar-refractivity contribution in [3.05, 3.63) is 74.6 Å². The summed E-state index contributed by atoms with van der Waals surface area (Å²) >= 11 is -0.0258. The van der Waals surface area contributed by atoms with E-state index in [1.54, 1.807) is 13.1 Å². The van der Waals surface area contributed by atoms with Crippen LogP contribution in [0.25, 0.3) is 0 Å². The molecule has 2 heterocycles. The van der Waals surface area contributed by atoms with Crippen molar-refractivity contribution in [3.63, 3.8) is 0 Å². The van der Waals surface area contributed by atoms with Crippen LogP contribution in [0.1, 0.15) is 25.6 Å². The second kappa shape index (κ2) is 9.69. The zero-order valence-corrected chi connectivity index (χ0v) is 18.5. The first-order valence-corrected chi connectivity index (χ1v) is 11.4. The van der Waals surface area contributed by atoms with Crippen molar-refractivity contribution in [2.45, 2.75) is 44.0 Å². The van der Waals surface area contributed by atoms with Gasteiger partial charge in [-0.1, -0.05) is 0 Å². The van der Waals surface area contributed by atoms with Crippen LogP contribution >= 0.6 is 0 Å². The summed E-state index contributed by atoms with van der Waals surface area (Å²) in [5.74, 6) is 0. The van der Waals surface area contributed by atoms with Crippen molar-refractivity contribution in [1.82, 2.24) is 14.9 Å². The summed E-state index contributed by atoms with van der Waals surface area (Å²) in [4.78, 5) is 26.6. The molecule has 1 saturated heterocycles. The van der Waals surface area contributed by atoms with Crippen molar-refractivity contribution in [1.29, 1.82) is 0 Å². The Morgan fingerprint density at radius 3 is 2.69 bits per heavy atom. The quantitative estimate of drug-likeness (QED) is 0.409. The number of hydrogen-bond acceptors (Lipinski definition) is 5. The molecule has 3 rings (SSSR count). The molecule has 1 aliphatic heterocycles. The van der Waals surface area contributed by atoms with Gasteiger partial charge in [-0.05, 0) is 0 Å². The Hall–Kier alpha value is -1.96. The standard InChI is InChI=1S/C21H27N3O4Se/c1-13(2)9-10-22-17-16(12-25)28-20(18(17)29-15-7-5-4-6-8-15)24-11-14(3)19(26)23-21(24)27/h4-9,11,16-18,20,22,25H,10,12H2,1-3H3,(H,23,26,27)/t16-,17-,18-,20-/m1/s1. The van der Waals surface area contributed by atoms with E-state index in [2.05, 4.69) is 28.5 Å². The topological polar surface area (TPSA) is 96.4 Å². The minimum absolute atomic E-state index is 0.0258. The molecule has 1 fully saturated rings. The number of aryl methyl sites for hydroxylation is 1. The van der Waals surface area contributed by atoms with Crippen molar-refractivity contribution >= 4 is 19.4 Å². The predicted molar refractivity (Wildman–Crippen MR) is 114 cm³/mol. The van der Waals surface area contributed by atoms with Gasteiger partial charge in [-0.25, -0.2) is 0 Å². The maximum absolute atomic E-state index is 12.5. The van der Waals surface area contributed by atoms with Crippen LogP contribution in [0.15, 0.2) is 57.8 Å². The van der Waals surface area contributed by atoms with Crippen LogP contribution in [-0.2, 0) is 4.74 Å². The molecule has 0 bridgehead atoms. The molecule has 0 spiro atoms. The first-order valence-electron chi connectivity index (χ1n) is 9.57. The average molecular weight is 464 g/mol. The average Bonchev–Trinajstić information content (AvgIpc) is 3.02. The number of aromatic nitrogens is 2. The molecule has 0 amide bonds. The third kappa shape index (κ3) is 5.15. The van der Waals surface area contributed by atoms with E-state index in [4.69, 9.17) is 4.74 Å². The van der Waals surface area contributed by atoms with Gasteiger partial charge in [0.15, 0.2) is 0 Å². The molecule has 3 N–H and O–H groups in total. The van der Waals surface area contributed by atoms with Crippen LogP contribution in [-0.4, -0.2) is 54.9 Å². The van der Waals surface area contributed by atoms with Crippen molar-refractivity contribution in [3.8, 4) is 0 Å². The number of H-pyrrole nitrogens is 1. The van der Waals surface area contributed by atoms with Crippen molar-refractivity contribution in [2.24, 2.45) is 0 Å². The fraction of sp³-hybridized carbons (Fsp3) is 0.429. The Bertz CT molecular complexity index is 966. The number of allylic oxidation sites excluding steroid dienone is 1. The third-order valence-electron chi connectivity index (χ3n) is 4.83. The number of aliphatic hydroxyl groups is 1. The summed E-state index contributed by atoms with van der Waals surface area (Å²) < 4.78 is 8.79. The van der Waals surface area contributed by atoms with Gasteiger partial charge in [0.25, 0.3) is 0 Å². The Morgan fingerprint density at radius 2 is 2.03 bits per heavy atom. The van der Waals surface area contributed by atoms with Gasteiger partial charge in [0, 0.05) is 0 Å². The Morgan fingerprint density at radius 1 is 1.31 bits per heavy atom. The van der Waals surface area contributed by atoms with Gasteiger partial charge in [-0.15, -0.1) is 0 Å². The number of nitrogens with zero attached hydrogens (tertiary/aromatic N) is 1. The van der Waals surface area contributed by atoms with Gasteiger partial charge in [0.1, 0.15) is 0 Å². The molecule has 4 atom stereocenters. The van der Waals surface area contributed by atoms with Gasteiger partial charge >= 0.3 is 176 Å². The molecule has 0 radical (unpaired) electrons. The van der Waals surface area contributed by atoms with E-state index in [0.717, 1.165) is 0 Å². The molecule has 1 aromatic carbocycles. The van der Waals surface area contributed by atoms with Crippen molar-refractivity contribution < 1.29 is 9.84 Å². The summed E-state index contributed by atoms with van der Waals surface area (Å²) in [6.45, 7) is 6.23. The Balaban J connectivity index is 1.98. The Kier molecular flexibility index (Phi) is 7.27. The van der Waals surface area contributed by atoms with Gasteiger partial charge in [-0.2, -0.15) is 0 Å². The number of nitrogens with one attached hydrogen (secondary N) is 2. The molecule has 0 aliphatic carbocycles. The second-order valence-electron chi connectivity index (χ2n) is 7.34. The molecule has 8 heteroatoms. The van der Waals surface area contributed by atoms with Crippen LogP contribution in [0.2, 0.25) is 4.82 Å². The van der Waals surface area contributed by atoms with E-state index in [9.17, 15) is 14.7 Å². The summed E-state index contributed by atoms with van der Waals surface area (Å²) in [6, 6.07) is 9.97. The first-order chi connectivity index (χ1) is 13.9. The first kappa shape index (κ1) is 21.7. The maximum atomic E-state index is 12.5. The van der Waals surface area contributed by atoms with E-state index in [0.29, 0.717) is 12.1 Å². The van der Waals surface area contributed by atoms with Crippen LogP contribution in [0.5, 0.6) is 0 Å². The number of aromatic amines is 1. The summed E-state index contributed by atoms with van der Waals surface area (Å²) in [5, 5.41) is 13.4. The van der Waals surface area contributed by atoms with Crippen molar-refractivity contribution in [2.75, 3.05) is 13.2 Å². The van der Waals surface area contributed by atoms with Crippen LogP contribution in [0.4, 0.5) is 0 Å². The molecular formula is C21H27N3O4Se.